The molecule has 2 aromatic rings. The van der Waals surface area contributed by atoms with Crippen molar-refractivity contribution in [2.24, 2.45) is 0 Å². The van der Waals surface area contributed by atoms with Crippen molar-refractivity contribution in [3.8, 4) is 11.8 Å². The van der Waals surface area contributed by atoms with Crippen LogP contribution in [0.25, 0.3) is 11.3 Å². The number of hydrogen-bond donors (Lipinski definition) is 0. The van der Waals surface area contributed by atoms with Gasteiger partial charge < -0.3 is 10.2 Å². The van der Waals surface area contributed by atoms with Crippen LogP contribution in [0, 0.1) is 0 Å². The first kappa shape index (κ1) is 13.1. The third-order valence-electron chi connectivity index (χ3n) is 1.05. The first-order valence-electron chi connectivity index (χ1n) is 2.62. The van der Waals surface area contributed by atoms with Gasteiger partial charge in [-0.1, -0.05) is 0 Å². The zero-order chi connectivity index (χ0) is 7.84. The third kappa shape index (κ3) is 2.52. The van der Waals surface area contributed by atoms with Gasteiger partial charge in [0.1, 0.15) is 0 Å². The van der Waals surface area contributed by atoms with E-state index in [2.05, 4.69) is 24.9 Å². The van der Waals surface area contributed by atoms with Gasteiger partial charge in [-0.05, 0) is 10.3 Å². The van der Waals surface area contributed by atoms with Gasteiger partial charge >= 0.3 is 59.1 Å². The van der Waals surface area contributed by atoms with Gasteiger partial charge in [0.15, 0.2) is 0 Å². The minimum absolute atomic E-state index is 0. The second kappa shape index (κ2) is 5.08. The molecule has 0 saturated heterocycles. The molecule has 0 saturated carbocycles. The molecular formula is C4N4Na2O3. The molecule has 0 fully saturated rings. The molecule has 0 aromatic carbocycles. The van der Waals surface area contributed by atoms with Crippen LogP contribution in [0.4, 0.5) is 0 Å². The first-order chi connectivity index (χ1) is 5.27. The maximum absolute atomic E-state index is 10.5. The normalized spacial score (nSPS) is 8.92. The number of fused-ring (bicyclic) bond motifs is 1. The van der Waals surface area contributed by atoms with Gasteiger partial charge in [0, 0.05) is 11.8 Å². The number of hydrogen-bond acceptors (Lipinski definition) is 7. The molecule has 0 aliphatic carbocycles. The summed E-state index contributed by atoms with van der Waals surface area (Å²) in [6, 6.07) is 0. The van der Waals surface area contributed by atoms with E-state index in [0.29, 0.717) is 0 Å². The van der Waals surface area contributed by atoms with Crippen LogP contribution in [-0.2, 0) is 0 Å². The van der Waals surface area contributed by atoms with Crippen LogP contribution in [0.3, 0.4) is 0 Å². The van der Waals surface area contributed by atoms with Crippen LogP contribution in [-0.4, -0.2) is 20.3 Å². The second-order valence-electron chi connectivity index (χ2n) is 1.75. The van der Waals surface area contributed by atoms with Crippen molar-refractivity contribution in [2.45, 2.75) is 0 Å². The van der Waals surface area contributed by atoms with Crippen molar-refractivity contribution >= 4 is 11.3 Å². The molecule has 0 N–H and O–H groups in total. The van der Waals surface area contributed by atoms with Crippen LogP contribution in [0.5, 0.6) is 11.8 Å². The molecule has 0 spiro atoms. The number of aromatic nitrogens is 4. The Balaban J connectivity index is 0.000000720. The fourth-order valence-electron chi connectivity index (χ4n) is 0.608. The summed E-state index contributed by atoms with van der Waals surface area (Å²) in [7, 11) is 0. The van der Waals surface area contributed by atoms with Crippen molar-refractivity contribution < 1.29 is 74.0 Å². The Morgan fingerprint density at radius 3 is 1.62 bits per heavy atom. The molecular weight excluding hydrogens is 198 g/mol. The molecule has 2 heterocycles. The molecule has 7 nitrogen and oxygen atoms in total. The first-order valence-corrected chi connectivity index (χ1v) is 2.62. The zero-order valence-corrected chi connectivity index (χ0v) is 11.0. The Bertz CT molecular complexity index is 369. The monoisotopic (exact) mass is 198 g/mol. The fraction of sp³-hybridized carbons (Fsp3) is 0. The van der Waals surface area contributed by atoms with Crippen LogP contribution in [0.2, 0.25) is 0 Å². The second-order valence-corrected chi connectivity index (χ2v) is 1.75. The molecule has 0 aliphatic rings. The molecule has 0 atom stereocenters. The Kier molecular flexibility index (Phi) is 5.11. The molecule has 0 amide bonds. The topological polar surface area (TPSA) is 111 Å². The molecule has 2 aromatic heterocycles. The van der Waals surface area contributed by atoms with Gasteiger partial charge in [0.05, 0.1) is 0 Å². The molecule has 0 unspecified atom stereocenters. The van der Waals surface area contributed by atoms with Gasteiger partial charge in [-0.2, -0.15) is 0 Å². The van der Waals surface area contributed by atoms with Crippen molar-refractivity contribution in [2.75, 3.05) is 0 Å². The Morgan fingerprint density at radius 1 is 0.846 bits per heavy atom. The van der Waals surface area contributed by atoms with Crippen molar-refractivity contribution in [1.29, 1.82) is 0 Å². The van der Waals surface area contributed by atoms with Crippen LogP contribution in [0.15, 0.2) is 4.63 Å². The number of rotatable bonds is 0. The summed E-state index contributed by atoms with van der Waals surface area (Å²) in [6.45, 7) is 0. The fourth-order valence-corrected chi connectivity index (χ4v) is 0.608. The minimum atomic E-state index is -0.951. The Hall–Kier alpha value is 0.0800. The van der Waals surface area contributed by atoms with E-state index in [0.717, 1.165) is 0 Å². The van der Waals surface area contributed by atoms with E-state index in [9.17, 15) is 10.2 Å². The average molecular weight is 198 g/mol. The van der Waals surface area contributed by atoms with Gasteiger partial charge in [-0.15, -0.1) is 0 Å². The standard InChI is InChI=1S/C4H2N4O3.2Na/c9-3-4(10)6-2-1(5-3)7-11-8-2;;/h(H,5,7,9)(H,6,8,10);;/q;2*+1/p-2. The predicted octanol–water partition coefficient (Wildman–Crippen LogP) is -7.83. The Labute approximate surface area is 116 Å². The molecule has 13 heavy (non-hydrogen) atoms. The van der Waals surface area contributed by atoms with Crippen LogP contribution in [0.1, 0.15) is 0 Å². The van der Waals surface area contributed by atoms with Gasteiger partial charge in [0.2, 0.25) is 11.3 Å². The SMILES string of the molecule is [Na+].[Na+].[O-]c1nc2nonc2nc1[O-]. The molecule has 0 aliphatic heterocycles. The predicted molar refractivity (Wildman–Crippen MR) is 26.3 cm³/mol. The van der Waals surface area contributed by atoms with Gasteiger partial charge in [-0.3, -0.25) is 0 Å². The molecule has 2 rings (SSSR count). The minimum Gasteiger partial charge on any atom is -0.858 e. The summed E-state index contributed by atoms with van der Waals surface area (Å²) < 4.78 is 4.17. The zero-order valence-electron chi connectivity index (χ0n) is 7.01. The van der Waals surface area contributed by atoms with Crippen molar-refractivity contribution in [3.05, 3.63) is 0 Å². The molecule has 56 valence electrons. The maximum Gasteiger partial charge on any atom is 1.00 e. The van der Waals surface area contributed by atoms with E-state index in [-0.39, 0.29) is 70.4 Å². The van der Waals surface area contributed by atoms with Gasteiger partial charge in [-0.25, -0.2) is 14.6 Å². The summed E-state index contributed by atoms with van der Waals surface area (Å²) in [6.07, 6.45) is 0. The van der Waals surface area contributed by atoms with Crippen molar-refractivity contribution in [1.82, 2.24) is 20.3 Å². The summed E-state index contributed by atoms with van der Waals surface area (Å²) in [5.41, 5.74) is -0.0933. The van der Waals surface area contributed by atoms with E-state index in [4.69, 9.17) is 0 Å². The van der Waals surface area contributed by atoms with E-state index in [1.807, 2.05) is 0 Å². The third-order valence-corrected chi connectivity index (χ3v) is 1.05. The smallest absolute Gasteiger partial charge is 0.858 e. The van der Waals surface area contributed by atoms with E-state index in [1.54, 1.807) is 0 Å². The summed E-state index contributed by atoms with van der Waals surface area (Å²) in [5, 5.41) is 27.5. The van der Waals surface area contributed by atoms with E-state index in [1.165, 1.54) is 0 Å². The average Bonchev–Trinajstić information content (AvgIpc) is 2.36. The number of nitrogens with zero attached hydrogens (tertiary/aromatic N) is 4. The quantitative estimate of drug-likeness (QED) is 0.386. The summed E-state index contributed by atoms with van der Waals surface area (Å²) in [4.78, 5) is 6.47. The largest absolute Gasteiger partial charge is 1.00 e. The van der Waals surface area contributed by atoms with Crippen LogP contribution >= 0.6 is 0 Å². The maximum atomic E-state index is 10.5. The summed E-state index contributed by atoms with van der Waals surface area (Å²) >= 11 is 0. The Morgan fingerprint density at radius 2 is 1.23 bits per heavy atom. The summed E-state index contributed by atoms with van der Waals surface area (Å²) in [5.74, 6) is -1.90. The van der Waals surface area contributed by atoms with Crippen LogP contribution < -0.4 is 69.3 Å². The molecule has 0 bridgehead atoms. The van der Waals surface area contributed by atoms with E-state index < -0.39 is 11.8 Å². The molecule has 0 radical (unpaired) electrons. The van der Waals surface area contributed by atoms with Crippen molar-refractivity contribution in [3.63, 3.8) is 0 Å². The van der Waals surface area contributed by atoms with Gasteiger partial charge in [0.25, 0.3) is 0 Å². The molecule has 9 heteroatoms. The van der Waals surface area contributed by atoms with E-state index >= 15 is 0 Å².